The fourth-order valence-electron chi connectivity index (χ4n) is 1.44. The molecule has 6 heteroatoms. The Morgan fingerprint density at radius 2 is 2.29 bits per heavy atom. The third kappa shape index (κ3) is 2.39. The molecule has 0 aliphatic rings. The van der Waals surface area contributed by atoms with E-state index in [0.29, 0.717) is 5.69 Å². The fraction of sp³-hybridized carbons (Fsp3) is 0.0909. The number of aryl methyl sites for hydroxylation is 1. The smallest absolute Gasteiger partial charge is 0.275 e. The summed E-state index contributed by atoms with van der Waals surface area (Å²) < 4.78 is 1.39. The molecular formula is C11H10ClN3O2. The normalized spacial score (nSPS) is 10.2. The Morgan fingerprint density at radius 1 is 1.53 bits per heavy atom. The van der Waals surface area contributed by atoms with Crippen LogP contribution in [-0.2, 0) is 7.05 Å². The number of hydrogen-bond acceptors (Lipinski definition) is 3. The Bertz CT molecular complexity index is 546. The van der Waals surface area contributed by atoms with E-state index in [1.165, 1.54) is 23.0 Å². The number of halogens is 1. The molecule has 0 unspecified atom stereocenters. The zero-order valence-electron chi connectivity index (χ0n) is 9.01. The lowest BCUT2D eigenvalue weighted by atomic mass is 10.3. The molecule has 1 amide bonds. The van der Waals surface area contributed by atoms with Crippen molar-refractivity contribution in [1.29, 1.82) is 0 Å². The second kappa shape index (κ2) is 4.47. The SMILES string of the molecule is Cn1ncc(Cl)c1C(=O)Nc1cccc(O)c1. The summed E-state index contributed by atoms with van der Waals surface area (Å²) in [5.74, 6) is -0.292. The van der Waals surface area contributed by atoms with Crippen LogP contribution in [0.15, 0.2) is 30.5 Å². The molecule has 2 rings (SSSR count). The monoisotopic (exact) mass is 251 g/mol. The maximum atomic E-state index is 11.9. The van der Waals surface area contributed by atoms with Gasteiger partial charge in [0.15, 0.2) is 0 Å². The summed E-state index contributed by atoms with van der Waals surface area (Å²) in [7, 11) is 1.63. The molecule has 0 radical (unpaired) electrons. The minimum Gasteiger partial charge on any atom is -0.508 e. The number of rotatable bonds is 2. The Hall–Kier alpha value is -2.01. The van der Waals surface area contributed by atoms with Crippen molar-refractivity contribution >= 4 is 23.2 Å². The number of amides is 1. The molecule has 0 spiro atoms. The summed E-state index contributed by atoms with van der Waals surface area (Å²) in [5, 5.41) is 16.0. The van der Waals surface area contributed by atoms with Gasteiger partial charge in [0.1, 0.15) is 11.4 Å². The van der Waals surface area contributed by atoms with E-state index in [-0.39, 0.29) is 22.4 Å². The summed E-state index contributed by atoms with van der Waals surface area (Å²) in [6, 6.07) is 6.27. The summed E-state index contributed by atoms with van der Waals surface area (Å²) in [4.78, 5) is 11.9. The molecule has 0 saturated heterocycles. The van der Waals surface area contributed by atoms with Crippen LogP contribution in [0.2, 0.25) is 5.02 Å². The van der Waals surface area contributed by atoms with Crippen molar-refractivity contribution in [3.05, 3.63) is 41.2 Å². The second-order valence-electron chi connectivity index (χ2n) is 3.47. The number of phenols is 1. The van der Waals surface area contributed by atoms with Crippen molar-refractivity contribution in [3.63, 3.8) is 0 Å². The molecule has 0 fully saturated rings. The Balaban J connectivity index is 2.23. The molecule has 1 aromatic carbocycles. The Kier molecular flexibility index (Phi) is 3.01. The lowest BCUT2D eigenvalue weighted by Crippen LogP contribution is -2.16. The number of hydrogen-bond donors (Lipinski definition) is 2. The number of nitrogens with zero attached hydrogens (tertiary/aromatic N) is 2. The molecule has 2 N–H and O–H groups in total. The maximum absolute atomic E-state index is 11.9. The lowest BCUT2D eigenvalue weighted by Gasteiger charge is -2.06. The van der Waals surface area contributed by atoms with Gasteiger partial charge in [-0.3, -0.25) is 9.48 Å². The molecular weight excluding hydrogens is 242 g/mol. The van der Waals surface area contributed by atoms with Crippen LogP contribution in [0.5, 0.6) is 5.75 Å². The predicted molar refractivity (Wildman–Crippen MR) is 64.3 cm³/mol. The van der Waals surface area contributed by atoms with E-state index < -0.39 is 0 Å². The van der Waals surface area contributed by atoms with E-state index in [9.17, 15) is 9.90 Å². The molecule has 5 nitrogen and oxygen atoms in total. The molecule has 1 heterocycles. The summed E-state index contributed by atoms with van der Waals surface area (Å²) >= 11 is 5.84. The average Bonchev–Trinajstić information content (AvgIpc) is 2.58. The van der Waals surface area contributed by atoms with Gasteiger partial charge in [0, 0.05) is 18.8 Å². The van der Waals surface area contributed by atoms with Crippen LogP contribution in [0, 0.1) is 0 Å². The molecule has 1 aromatic heterocycles. The molecule has 2 aromatic rings. The van der Waals surface area contributed by atoms with Crippen LogP contribution < -0.4 is 5.32 Å². The van der Waals surface area contributed by atoms with Gasteiger partial charge in [-0.1, -0.05) is 17.7 Å². The number of phenolic OH excluding ortho intramolecular Hbond substituents is 1. The highest BCUT2D eigenvalue weighted by molar-refractivity contribution is 6.34. The zero-order valence-corrected chi connectivity index (χ0v) is 9.77. The van der Waals surface area contributed by atoms with Gasteiger partial charge in [-0.05, 0) is 12.1 Å². The average molecular weight is 252 g/mol. The minimum absolute atomic E-state index is 0.0823. The van der Waals surface area contributed by atoms with Gasteiger partial charge in [0.05, 0.1) is 11.2 Å². The van der Waals surface area contributed by atoms with Crippen molar-refractivity contribution < 1.29 is 9.90 Å². The number of aromatic nitrogens is 2. The Labute approximate surface area is 103 Å². The van der Waals surface area contributed by atoms with Gasteiger partial charge >= 0.3 is 0 Å². The van der Waals surface area contributed by atoms with Crippen LogP contribution in [0.4, 0.5) is 5.69 Å². The van der Waals surface area contributed by atoms with Gasteiger partial charge < -0.3 is 10.4 Å². The highest BCUT2D eigenvalue weighted by Crippen LogP contribution is 2.19. The van der Waals surface area contributed by atoms with Crippen molar-refractivity contribution in [2.45, 2.75) is 0 Å². The quantitative estimate of drug-likeness (QED) is 0.858. The number of carbonyl (C=O) groups is 1. The summed E-state index contributed by atoms with van der Waals surface area (Å²) in [6.07, 6.45) is 1.40. The van der Waals surface area contributed by atoms with Crippen LogP contribution in [0.3, 0.4) is 0 Å². The van der Waals surface area contributed by atoms with Crippen LogP contribution in [0.25, 0.3) is 0 Å². The first kappa shape index (κ1) is 11.5. The molecule has 0 atom stereocenters. The first-order valence-corrected chi connectivity index (χ1v) is 5.23. The van der Waals surface area contributed by atoms with Gasteiger partial charge in [0.25, 0.3) is 5.91 Å². The maximum Gasteiger partial charge on any atom is 0.275 e. The largest absolute Gasteiger partial charge is 0.508 e. The lowest BCUT2D eigenvalue weighted by molar-refractivity contribution is 0.101. The highest BCUT2D eigenvalue weighted by atomic mass is 35.5. The second-order valence-corrected chi connectivity index (χ2v) is 3.88. The first-order valence-electron chi connectivity index (χ1n) is 4.86. The van der Waals surface area contributed by atoms with E-state index in [1.54, 1.807) is 19.2 Å². The van der Waals surface area contributed by atoms with Gasteiger partial charge in [-0.25, -0.2) is 0 Å². The van der Waals surface area contributed by atoms with Gasteiger partial charge in [0.2, 0.25) is 0 Å². The van der Waals surface area contributed by atoms with E-state index in [4.69, 9.17) is 11.6 Å². The third-order valence-electron chi connectivity index (χ3n) is 2.21. The van der Waals surface area contributed by atoms with Crippen molar-refractivity contribution in [1.82, 2.24) is 9.78 Å². The Morgan fingerprint density at radius 3 is 2.88 bits per heavy atom. The van der Waals surface area contributed by atoms with Gasteiger partial charge in [-0.15, -0.1) is 0 Å². The van der Waals surface area contributed by atoms with E-state index in [0.717, 1.165) is 0 Å². The number of carbonyl (C=O) groups excluding carboxylic acids is 1. The topological polar surface area (TPSA) is 67.2 Å². The van der Waals surface area contributed by atoms with Crippen molar-refractivity contribution in [3.8, 4) is 5.75 Å². The van der Waals surface area contributed by atoms with Gasteiger partial charge in [-0.2, -0.15) is 5.10 Å². The molecule has 0 bridgehead atoms. The molecule has 88 valence electrons. The third-order valence-corrected chi connectivity index (χ3v) is 2.49. The predicted octanol–water partition coefficient (Wildman–Crippen LogP) is 2.03. The zero-order chi connectivity index (χ0) is 12.4. The summed E-state index contributed by atoms with van der Waals surface area (Å²) in [5.41, 5.74) is 0.766. The first-order chi connectivity index (χ1) is 8.08. The molecule has 0 aliphatic carbocycles. The minimum atomic E-state index is -0.374. The van der Waals surface area contributed by atoms with E-state index in [1.807, 2.05) is 0 Å². The van der Waals surface area contributed by atoms with E-state index in [2.05, 4.69) is 10.4 Å². The molecule has 0 aliphatic heterocycles. The van der Waals surface area contributed by atoms with Crippen LogP contribution in [0.1, 0.15) is 10.5 Å². The fourth-order valence-corrected chi connectivity index (χ4v) is 1.69. The molecule has 0 saturated carbocycles. The van der Waals surface area contributed by atoms with Crippen molar-refractivity contribution in [2.75, 3.05) is 5.32 Å². The number of aromatic hydroxyl groups is 1. The van der Waals surface area contributed by atoms with Crippen molar-refractivity contribution in [2.24, 2.45) is 7.05 Å². The molecule has 17 heavy (non-hydrogen) atoms. The van der Waals surface area contributed by atoms with Crippen LogP contribution >= 0.6 is 11.6 Å². The number of anilines is 1. The van der Waals surface area contributed by atoms with Crippen LogP contribution in [-0.4, -0.2) is 20.8 Å². The van der Waals surface area contributed by atoms with E-state index >= 15 is 0 Å². The summed E-state index contributed by atoms with van der Waals surface area (Å²) in [6.45, 7) is 0. The number of nitrogens with one attached hydrogen (secondary N) is 1. The highest BCUT2D eigenvalue weighted by Gasteiger charge is 2.15. The number of benzene rings is 1. The standard InChI is InChI=1S/C11H10ClN3O2/c1-15-10(9(12)6-13-15)11(17)14-7-3-2-4-8(16)5-7/h2-6,16H,1H3,(H,14,17).